The smallest absolute Gasteiger partial charge is 0.295 e. The van der Waals surface area contributed by atoms with E-state index in [1.54, 1.807) is 0 Å². The van der Waals surface area contributed by atoms with E-state index in [0.29, 0.717) is 13.1 Å². The summed E-state index contributed by atoms with van der Waals surface area (Å²) in [7, 11) is 0. The molecule has 0 saturated heterocycles. The maximum Gasteiger partial charge on any atom is 0.295 e. The van der Waals surface area contributed by atoms with Crippen LogP contribution in [0.15, 0.2) is 0 Å². The van der Waals surface area contributed by atoms with Gasteiger partial charge in [-0.15, -0.1) is 6.42 Å². The molecule has 0 fully saturated rings. The van der Waals surface area contributed by atoms with Crippen molar-refractivity contribution in [2.75, 3.05) is 13.1 Å². The SMILES string of the molecule is C#CC(=O)NCCCN. The lowest BCUT2D eigenvalue weighted by atomic mass is 10.4. The first-order valence-corrected chi connectivity index (χ1v) is 2.75. The first-order valence-electron chi connectivity index (χ1n) is 2.75. The molecule has 0 aliphatic heterocycles. The van der Waals surface area contributed by atoms with Crippen LogP contribution in [0.25, 0.3) is 0 Å². The minimum absolute atomic E-state index is 0.372. The van der Waals surface area contributed by atoms with Gasteiger partial charge >= 0.3 is 0 Å². The van der Waals surface area contributed by atoms with Crippen LogP contribution < -0.4 is 11.1 Å². The Kier molecular flexibility index (Phi) is 4.56. The molecule has 0 atom stereocenters. The summed E-state index contributed by atoms with van der Waals surface area (Å²) in [5, 5.41) is 2.48. The van der Waals surface area contributed by atoms with Gasteiger partial charge in [-0.1, -0.05) is 0 Å². The number of terminal acetylenes is 1. The highest BCUT2D eigenvalue weighted by molar-refractivity contribution is 5.92. The largest absolute Gasteiger partial charge is 0.345 e. The number of hydrogen-bond donors (Lipinski definition) is 2. The molecule has 0 aliphatic rings. The van der Waals surface area contributed by atoms with Crippen molar-refractivity contribution in [1.29, 1.82) is 0 Å². The van der Waals surface area contributed by atoms with Gasteiger partial charge in [-0.2, -0.15) is 0 Å². The van der Waals surface area contributed by atoms with Crippen molar-refractivity contribution in [2.24, 2.45) is 5.73 Å². The van der Waals surface area contributed by atoms with Gasteiger partial charge in [-0.3, -0.25) is 4.79 Å². The Morgan fingerprint density at radius 1 is 1.78 bits per heavy atom. The van der Waals surface area contributed by atoms with Crippen LogP contribution in [0.5, 0.6) is 0 Å². The van der Waals surface area contributed by atoms with E-state index in [0.717, 1.165) is 6.42 Å². The summed E-state index contributed by atoms with van der Waals surface area (Å²) in [6, 6.07) is 0. The molecular formula is C6H10N2O. The van der Waals surface area contributed by atoms with Gasteiger partial charge in [-0.05, 0) is 18.9 Å². The van der Waals surface area contributed by atoms with Gasteiger partial charge in [0, 0.05) is 6.54 Å². The molecule has 3 nitrogen and oxygen atoms in total. The third kappa shape index (κ3) is 4.85. The molecule has 0 aromatic heterocycles. The lowest BCUT2D eigenvalue weighted by Crippen LogP contribution is -2.24. The van der Waals surface area contributed by atoms with Crippen molar-refractivity contribution in [3.05, 3.63) is 0 Å². The second-order valence-electron chi connectivity index (χ2n) is 1.54. The van der Waals surface area contributed by atoms with Crippen molar-refractivity contribution in [1.82, 2.24) is 5.32 Å². The quantitative estimate of drug-likeness (QED) is 0.380. The van der Waals surface area contributed by atoms with Gasteiger partial charge in [0.15, 0.2) is 0 Å². The van der Waals surface area contributed by atoms with Gasteiger partial charge in [0.25, 0.3) is 5.91 Å². The molecule has 0 rings (SSSR count). The highest BCUT2D eigenvalue weighted by atomic mass is 16.1. The molecule has 0 aromatic carbocycles. The lowest BCUT2D eigenvalue weighted by Gasteiger charge is -1.95. The topological polar surface area (TPSA) is 55.1 Å². The number of hydrogen-bond acceptors (Lipinski definition) is 2. The molecule has 3 N–H and O–H groups in total. The normalized spacial score (nSPS) is 8.00. The zero-order chi connectivity index (χ0) is 7.11. The average molecular weight is 126 g/mol. The molecule has 0 radical (unpaired) electrons. The molecule has 0 aromatic rings. The Morgan fingerprint density at radius 2 is 2.44 bits per heavy atom. The summed E-state index contributed by atoms with van der Waals surface area (Å²) in [4.78, 5) is 10.3. The van der Waals surface area contributed by atoms with Gasteiger partial charge in [0.2, 0.25) is 0 Å². The van der Waals surface area contributed by atoms with E-state index >= 15 is 0 Å². The summed E-state index contributed by atoms with van der Waals surface area (Å²) >= 11 is 0. The first-order chi connectivity index (χ1) is 4.31. The highest BCUT2D eigenvalue weighted by Gasteiger charge is 1.89. The fraction of sp³-hybridized carbons (Fsp3) is 0.500. The van der Waals surface area contributed by atoms with Gasteiger partial charge in [0.05, 0.1) is 0 Å². The Morgan fingerprint density at radius 3 is 2.89 bits per heavy atom. The Bertz CT molecular complexity index is 126. The van der Waals surface area contributed by atoms with Crippen molar-refractivity contribution >= 4 is 5.91 Å². The molecule has 0 heterocycles. The van der Waals surface area contributed by atoms with Crippen LogP contribution in [-0.4, -0.2) is 19.0 Å². The number of nitrogens with two attached hydrogens (primary N) is 1. The summed E-state index contributed by atoms with van der Waals surface area (Å²) in [6.45, 7) is 1.14. The average Bonchev–Trinajstić information content (AvgIpc) is 1.89. The minimum atomic E-state index is -0.372. The summed E-state index contributed by atoms with van der Waals surface area (Å²) in [5.74, 6) is 1.56. The molecule has 3 heteroatoms. The van der Waals surface area contributed by atoms with Crippen LogP contribution in [0.3, 0.4) is 0 Å². The lowest BCUT2D eigenvalue weighted by molar-refractivity contribution is -0.115. The van der Waals surface area contributed by atoms with Crippen LogP contribution in [0.2, 0.25) is 0 Å². The van der Waals surface area contributed by atoms with E-state index in [1.807, 2.05) is 5.92 Å². The monoisotopic (exact) mass is 126 g/mol. The Labute approximate surface area is 54.6 Å². The summed E-state index contributed by atoms with van der Waals surface area (Å²) in [5.41, 5.74) is 5.15. The number of carbonyl (C=O) groups is 1. The van der Waals surface area contributed by atoms with E-state index in [1.165, 1.54) is 0 Å². The number of nitrogens with one attached hydrogen (secondary N) is 1. The minimum Gasteiger partial charge on any atom is -0.345 e. The van der Waals surface area contributed by atoms with Gasteiger partial charge in [-0.25, -0.2) is 0 Å². The third-order valence-electron chi connectivity index (χ3n) is 0.798. The maximum absolute atomic E-state index is 10.3. The zero-order valence-corrected chi connectivity index (χ0v) is 5.18. The van der Waals surface area contributed by atoms with E-state index in [9.17, 15) is 4.79 Å². The van der Waals surface area contributed by atoms with Crippen LogP contribution in [0.4, 0.5) is 0 Å². The van der Waals surface area contributed by atoms with E-state index < -0.39 is 0 Å². The van der Waals surface area contributed by atoms with E-state index in [2.05, 4.69) is 5.32 Å². The second kappa shape index (κ2) is 5.13. The van der Waals surface area contributed by atoms with Crippen LogP contribution in [0.1, 0.15) is 6.42 Å². The third-order valence-corrected chi connectivity index (χ3v) is 0.798. The van der Waals surface area contributed by atoms with E-state index in [-0.39, 0.29) is 5.91 Å². The predicted octanol–water partition coefficient (Wildman–Crippen LogP) is -0.915. The van der Waals surface area contributed by atoms with Gasteiger partial charge in [0.1, 0.15) is 0 Å². The first kappa shape index (κ1) is 7.99. The second-order valence-corrected chi connectivity index (χ2v) is 1.54. The van der Waals surface area contributed by atoms with Crippen molar-refractivity contribution < 1.29 is 4.79 Å². The molecule has 0 spiro atoms. The van der Waals surface area contributed by atoms with Crippen molar-refractivity contribution in [2.45, 2.75) is 6.42 Å². The molecule has 1 amide bonds. The molecular weight excluding hydrogens is 116 g/mol. The van der Waals surface area contributed by atoms with Crippen molar-refractivity contribution in [3.63, 3.8) is 0 Å². The number of rotatable bonds is 3. The number of carbonyl (C=O) groups excluding carboxylic acids is 1. The fourth-order valence-electron chi connectivity index (χ4n) is 0.355. The molecule has 50 valence electrons. The molecule has 0 bridgehead atoms. The molecule has 0 saturated carbocycles. The number of amides is 1. The van der Waals surface area contributed by atoms with Gasteiger partial charge < -0.3 is 11.1 Å². The fourth-order valence-corrected chi connectivity index (χ4v) is 0.355. The standard InChI is InChI=1S/C6H10N2O/c1-2-6(9)8-5-3-4-7/h1H,3-5,7H2,(H,8,9). The van der Waals surface area contributed by atoms with Crippen LogP contribution >= 0.6 is 0 Å². The summed E-state index contributed by atoms with van der Waals surface area (Å²) < 4.78 is 0. The van der Waals surface area contributed by atoms with Crippen molar-refractivity contribution in [3.8, 4) is 12.3 Å². The van der Waals surface area contributed by atoms with E-state index in [4.69, 9.17) is 12.2 Å². The van der Waals surface area contributed by atoms with Crippen LogP contribution in [0, 0.1) is 12.3 Å². The molecule has 0 unspecified atom stereocenters. The summed E-state index contributed by atoms with van der Waals surface area (Å²) in [6.07, 6.45) is 5.53. The Hall–Kier alpha value is -1.01. The highest BCUT2D eigenvalue weighted by Crippen LogP contribution is 1.68. The predicted molar refractivity (Wildman–Crippen MR) is 35.5 cm³/mol. The molecule has 9 heavy (non-hydrogen) atoms. The van der Waals surface area contributed by atoms with Crippen LogP contribution in [-0.2, 0) is 4.79 Å². The Balaban J connectivity index is 3.10. The molecule has 0 aliphatic carbocycles. The maximum atomic E-state index is 10.3. The zero-order valence-electron chi connectivity index (χ0n) is 5.18.